The molecule has 0 spiro atoms. The maximum atomic E-state index is 11.8. The molecule has 0 saturated carbocycles. The Bertz CT molecular complexity index is 2170. The van der Waals surface area contributed by atoms with Crippen LogP contribution in [0.25, 0.3) is 0 Å². The van der Waals surface area contributed by atoms with Crippen LogP contribution in [0, 0.1) is 23.7 Å². The summed E-state index contributed by atoms with van der Waals surface area (Å²) < 4.78 is 20.5. The van der Waals surface area contributed by atoms with Gasteiger partial charge in [-0.05, 0) is 194 Å². The second kappa shape index (κ2) is 39.0. The Hall–Kier alpha value is -4.46. The van der Waals surface area contributed by atoms with E-state index < -0.39 is 11.9 Å². The van der Waals surface area contributed by atoms with E-state index in [1.54, 1.807) is 12.5 Å². The zero-order valence-corrected chi connectivity index (χ0v) is 47.3. The van der Waals surface area contributed by atoms with Crippen molar-refractivity contribution in [2.75, 3.05) is 80.5 Å². The van der Waals surface area contributed by atoms with Gasteiger partial charge in [-0.15, -0.1) is 0 Å². The van der Waals surface area contributed by atoms with Crippen molar-refractivity contribution in [3.8, 4) is 0 Å². The van der Waals surface area contributed by atoms with Crippen molar-refractivity contribution in [2.45, 2.75) is 176 Å². The third-order valence-electron chi connectivity index (χ3n) is 15.5. The van der Waals surface area contributed by atoms with Crippen molar-refractivity contribution in [3.05, 3.63) is 72.4 Å². The number of hydrogen-bond donors (Lipinski definition) is 2. The number of likely N-dealkylation sites (tertiary alicyclic amines) is 4. The topological polar surface area (TPSA) is 226 Å². The average Bonchev–Trinajstić information content (AvgIpc) is 4.26. The van der Waals surface area contributed by atoms with Crippen molar-refractivity contribution in [1.82, 2.24) is 39.5 Å². The summed E-state index contributed by atoms with van der Waals surface area (Å²) in [5, 5.41) is 17.5. The minimum atomic E-state index is -1.21. The fraction of sp³-hybridized carbons (Fsp3) is 0.729. The largest absolute Gasteiger partial charge is 0.475 e. The molecule has 0 aromatic carbocycles. The maximum absolute atomic E-state index is 11.8. The number of carboxylic acids is 2. The number of hydrogen-bond acceptors (Lipinski definition) is 16. The van der Waals surface area contributed by atoms with Crippen molar-refractivity contribution >= 4 is 23.5 Å². The number of aromatic carboxylic acids is 2. The normalized spacial score (nSPS) is 17.8. The molecule has 0 bridgehead atoms. The number of piperidine rings is 4. The van der Waals surface area contributed by atoms with Gasteiger partial charge in [0.2, 0.25) is 23.1 Å². The molecule has 4 fully saturated rings. The second-order valence-electron chi connectivity index (χ2n) is 21.7. The van der Waals surface area contributed by atoms with Gasteiger partial charge in [0.25, 0.3) is 11.8 Å². The van der Waals surface area contributed by atoms with Gasteiger partial charge in [-0.2, -0.15) is 0 Å². The van der Waals surface area contributed by atoms with Gasteiger partial charge in [0, 0.05) is 43.2 Å². The van der Waals surface area contributed by atoms with Crippen LogP contribution < -0.4 is 0 Å². The summed E-state index contributed by atoms with van der Waals surface area (Å²) in [6.07, 6.45) is 31.2. The predicted octanol–water partition coefficient (Wildman–Crippen LogP) is 12.6. The molecule has 4 aliphatic heterocycles. The van der Waals surface area contributed by atoms with E-state index in [1.807, 2.05) is 6.92 Å². The minimum Gasteiger partial charge on any atom is -0.475 e. The van der Waals surface area contributed by atoms with Crippen LogP contribution in [0.3, 0.4) is 0 Å². The molecule has 4 aromatic heterocycles. The van der Waals surface area contributed by atoms with Crippen molar-refractivity contribution in [1.29, 1.82) is 0 Å². The molecule has 4 saturated heterocycles. The summed E-state index contributed by atoms with van der Waals surface area (Å²) in [4.78, 5) is 70.2. The van der Waals surface area contributed by atoms with Gasteiger partial charge < -0.3 is 47.5 Å². The summed E-state index contributed by atoms with van der Waals surface area (Å²) in [5.41, 5.74) is 0. The van der Waals surface area contributed by atoms with Crippen LogP contribution in [0.4, 0.5) is 0 Å². The molecule has 2 N–H and O–H groups in total. The Morgan fingerprint density at radius 3 is 1.22 bits per heavy atom. The van der Waals surface area contributed by atoms with Gasteiger partial charge in [-0.3, -0.25) is 9.59 Å². The Morgan fingerprint density at radius 1 is 0.500 bits per heavy atom. The molecule has 4 aromatic rings. The zero-order valence-electron chi connectivity index (χ0n) is 45.9. The summed E-state index contributed by atoms with van der Waals surface area (Å²) in [6, 6.07) is 0. The molecule has 4 aliphatic rings. The molecule has 18 nitrogen and oxygen atoms in total. The van der Waals surface area contributed by atoms with Gasteiger partial charge in [0.1, 0.15) is 12.5 Å². The molecule has 78 heavy (non-hydrogen) atoms. The quantitative estimate of drug-likeness (QED) is 0.0698. The van der Waals surface area contributed by atoms with E-state index in [-0.39, 0.29) is 81.6 Å². The van der Waals surface area contributed by atoms with Gasteiger partial charge in [-0.1, -0.05) is 61.8 Å². The Morgan fingerprint density at radius 2 is 0.859 bits per heavy atom. The second-order valence-corrected chi connectivity index (χ2v) is 21.7. The van der Waals surface area contributed by atoms with Crippen LogP contribution in [-0.2, 0) is 18.6 Å². The summed E-state index contributed by atoms with van der Waals surface area (Å²) in [6.45, 7) is 13.9. The van der Waals surface area contributed by atoms with Crippen LogP contribution in [0.5, 0.6) is 0 Å². The zero-order chi connectivity index (χ0) is 53.2. The summed E-state index contributed by atoms with van der Waals surface area (Å²) in [7, 11) is 8.70. The van der Waals surface area contributed by atoms with Crippen LogP contribution >= 0.6 is 0 Å². The number of oxazole rings is 4. The van der Waals surface area contributed by atoms with E-state index in [4.69, 9.17) is 27.9 Å². The van der Waals surface area contributed by atoms with Gasteiger partial charge in [-0.25, -0.2) is 29.5 Å². The molecule has 0 aliphatic carbocycles. The van der Waals surface area contributed by atoms with Gasteiger partial charge in [0.05, 0.1) is 24.8 Å². The molecule has 0 amide bonds. The third-order valence-corrected chi connectivity index (χ3v) is 15.5. The maximum Gasteiger partial charge on any atom is 0.373 e. The van der Waals surface area contributed by atoms with E-state index in [0.717, 1.165) is 81.5 Å². The van der Waals surface area contributed by atoms with Crippen molar-refractivity contribution in [3.63, 3.8) is 0 Å². The van der Waals surface area contributed by atoms with Crippen LogP contribution in [0.2, 0.25) is 0 Å². The van der Waals surface area contributed by atoms with E-state index in [1.165, 1.54) is 135 Å². The molecule has 8 heterocycles. The first-order valence-electron chi connectivity index (χ1n) is 27.6. The monoisotopic (exact) mass is 1130 g/mol. The van der Waals surface area contributed by atoms with E-state index in [9.17, 15) is 19.2 Å². The molecule has 19 heteroatoms. The predicted molar refractivity (Wildman–Crippen MR) is 302 cm³/mol. The Kier molecular flexibility index (Phi) is 35.8. The standard InChI is InChI=1S/C15H24N2O3.C14H20N2O4.C14H24N2O.C13H20N2O2.3CH4.V/c1-11(14-16-10-13(20-14)15(18)19)4-3-5-12-6-8-17(2)9-7-12;1-16-7-5-10(6-8-16)3-2-4-11(17)13-15-9-12(20-13)14(18)19;1-12(14-15-8-11-17-14)4-3-5-13-6-9-16(2)10-7-13;1-15-8-5-11(6-9-15)3-2-4-12(16)13-14-7-10-17-13;;;;/h10-12H,3-9H2,1-2H3,(H,18,19);9-10H,2-8H2,1H3,(H,18,19);8,11-13H,3-7,9-10H2,1-2H3;7,10-11H,2-6,8-9H2,1H3;3*1H4;. The molecule has 1 radical (unpaired) electrons. The van der Waals surface area contributed by atoms with Crippen molar-refractivity contribution < 1.29 is 65.6 Å². The number of nitrogens with zero attached hydrogens (tertiary/aromatic N) is 8. The van der Waals surface area contributed by atoms with Gasteiger partial charge in [0.15, 0.2) is 11.8 Å². The fourth-order valence-electron chi connectivity index (χ4n) is 10.3. The van der Waals surface area contributed by atoms with Crippen LogP contribution in [0.1, 0.15) is 231 Å². The summed E-state index contributed by atoms with van der Waals surface area (Å²) in [5.74, 6) is 2.75. The number of carbonyl (C=O) groups is 4. The average molecular weight is 1130 g/mol. The van der Waals surface area contributed by atoms with Crippen LogP contribution in [0.15, 0.2) is 55.0 Å². The molecular weight excluding hydrogens is 1030 g/mol. The number of Topliss-reactive ketones (excluding diaryl/α,β-unsaturated/α-hetero) is 2. The Balaban J connectivity index is 0.000000513. The number of rotatable bonds is 22. The molecule has 2 unspecified atom stereocenters. The van der Waals surface area contributed by atoms with Crippen molar-refractivity contribution in [2.24, 2.45) is 23.7 Å². The first-order valence-corrected chi connectivity index (χ1v) is 27.6. The Labute approximate surface area is 479 Å². The molecular formula is C59H100N8O10V. The number of carbonyl (C=O) groups excluding carboxylic acids is 2. The third kappa shape index (κ3) is 26.7. The first kappa shape index (κ1) is 71.6. The van der Waals surface area contributed by atoms with Crippen LogP contribution in [-0.4, -0.2) is 154 Å². The molecule has 2 atom stereocenters. The SMILES string of the molecule is C.C.C.CC(CCCC1CCN(C)CC1)c1ncc(C(=O)O)o1.CC(CCCC1CCN(C)CC1)c1ncco1.CN1CCC(CCCC(=O)c2ncc(C(=O)O)o2)CC1.CN1CCC(CCCC(=O)c2ncco2)CC1.[V]. The van der Waals surface area contributed by atoms with E-state index in [0.29, 0.717) is 30.6 Å². The van der Waals surface area contributed by atoms with E-state index >= 15 is 0 Å². The molecule has 8 rings (SSSR count). The summed E-state index contributed by atoms with van der Waals surface area (Å²) >= 11 is 0. The number of aromatic nitrogens is 4. The smallest absolute Gasteiger partial charge is 0.373 e. The number of ketones is 2. The molecule has 441 valence electrons. The minimum absolute atomic E-state index is 0. The fourth-order valence-corrected chi connectivity index (χ4v) is 10.3. The van der Waals surface area contributed by atoms with Gasteiger partial charge >= 0.3 is 11.9 Å². The first-order chi connectivity index (χ1) is 35.6. The van der Waals surface area contributed by atoms with E-state index in [2.05, 4.69) is 74.6 Å². The number of carboxylic acid groups (broad SMARTS) is 2.